The van der Waals surface area contributed by atoms with Crippen LogP contribution in [-0.2, 0) is 0 Å². The van der Waals surface area contributed by atoms with Crippen molar-refractivity contribution in [1.29, 1.82) is 0 Å². The molecule has 1 amide bonds. The zero-order chi connectivity index (χ0) is 17.2. The lowest BCUT2D eigenvalue weighted by Crippen LogP contribution is -2.25. The van der Waals surface area contributed by atoms with Gasteiger partial charge in [-0.25, -0.2) is 0 Å². The summed E-state index contributed by atoms with van der Waals surface area (Å²) in [6, 6.07) is 11.5. The lowest BCUT2D eigenvalue weighted by Gasteiger charge is -2.11. The summed E-state index contributed by atoms with van der Waals surface area (Å²) < 4.78 is 5.35. The number of aromatic nitrogens is 2. The van der Waals surface area contributed by atoms with Crippen molar-refractivity contribution in [3.8, 4) is 10.7 Å². The number of nitrogens with zero attached hydrogens (tertiary/aromatic N) is 2. The predicted octanol–water partition coefficient (Wildman–Crippen LogP) is 3.86. The Labute approximate surface area is 149 Å². The van der Waals surface area contributed by atoms with Gasteiger partial charge in [-0.2, -0.15) is 4.98 Å². The molecular formula is C18H18N4O2S. The molecule has 1 aromatic carbocycles. The zero-order valence-corrected chi connectivity index (χ0v) is 14.5. The molecule has 7 heteroatoms. The summed E-state index contributed by atoms with van der Waals surface area (Å²) in [4.78, 5) is 17.4. The molecule has 1 saturated carbocycles. The standard InChI is InChI=1S/C18H18N4O2S/c1-11(18-21-16(22-24-18)15-3-2-10-25-15)19-13-6-4-12(5-7-13)17(23)20-14-8-9-14/h2-7,10-11,14,19H,8-9H2,1H3,(H,20,23). The number of hydrogen-bond acceptors (Lipinski definition) is 6. The third-order valence-corrected chi connectivity index (χ3v) is 4.86. The van der Waals surface area contributed by atoms with Crippen molar-refractivity contribution < 1.29 is 9.32 Å². The number of thiophene rings is 1. The molecule has 0 aliphatic heterocycles. The number of anilines is 1. The third-order valence-electron chi connectivity index (χ3n) is 4.00. The lowest BCUT2D eigenvalue weighted by atomic mass is 10.2. The monoisotopic (exact) mass is 354 g/mol. The summed E-state index contributed by atoms with van der Waals surface area (Å²) in [5.41, 5.74) is 1.56. The number of carbonyl (C=O) groups excluding carboxylic acids is 1. The van der Waals surface area contributed by atoms with Crippen molar-refractivity contribution in [2.45, 2.75) is 31.8 Å². The first-order valence-corrected chi connectivity index (χ1v) is 9.12. The maximum Gasteiger partial charge on any atom is 0.251 e. The molecule has 2 heterocycles. The van der Waals surface area contributed by atoms with Crippen LogP contribution in [0.4, 0.5) is 5.69 Å². The molecule has 0 spiro atoms. The molecule has 1 atom stereocenters. The second-order valence-corrected chi connectivity index (χ2v) is 7.07. The van der Waals surface area contributed by atoms with E-state index in [0.717, 1.165) is 23.4 Å². The van der Waals surface area contributed by atoms with E-state index < -0.39 is 0 Å². The van der Waals surface area contributed by atoms with Gasteiger partial charge in [0.25, 0.3) is 5.91 Å². The fourth-order valence-corrected chi connectivity index (χ4v) is 3.09. The van der Waals surface area contributed by atoms with Crippen LogP contribution in [0.1, 0.15) is 42.1 Å². The zero-order valence-electron chi connectivity index (χ0n) is 13.7. The SMILES string of the molecule is CC(Nc1ccc(C(=O)NC2CC2)cc1)c1nc(-c2cccs2)no1. The summed E-state index contributed by atoms with van der Waals surface area (Å²) in [7, 11) is 0. The smallest absolute Gasteiger partial charge is 0.251 e. The van der Waals surface area contributed by atoms with Crippen molar-refractivity contribution in [3.63, 3.8) is 0 Å². The third kappa shape index (κ3) is 3.71. The topological polar surface area (TPSA) is 80.0 Å². The largest absolute Gasteiger partial charge is 0.374 e. The van der Waals surface area contributed by atoms with Crippen LogP contribution >= 0.6 is 11.3 Å². The first-order valence-electron chi connectivity index (χ1n) is 8.24. The summed E-state index contributed by atoms with van der Waals surface area (Å²) in [5, 5.41) is 12.3. The van der Waals surface area contributed by atoms with E-state index in [0.29, 0.717) is 23.3 Å². The van der Waals surface area contributed by atoms with Crippen molar-refractivity contribution >= 4 is 22.9 Å². The highest BCUT2D eigenvalue weighted by molar-refractivity contribution is 7.13. The Morgan fingerprint density at radius 2 is 2.08 bits per heavy atom. The molecule has 1 fully saturated rings. The summed E-state index contributed by atoms with van der Waals surface area (Å²) in [5.74, 6) is 1.12. The average molecular weight is 354 g/mol. The number of amides is 1. The molecule has 0 bridgehead atoms. The van der Waals surface area contributed by atoms with Crippen LogP contribution in [0.25, 0.3) is 10.7 Å². The molecular weight excluding hydrogens is 336 g/mol. The van der Waals surface area contributed by atoms with Gasteiger partial charge < -0.3 is 15.2 Å². The molecule has 128 valence electrons. The van der Waals surface area contributed by atoms with Gasteiger partial charge in [-0.3, -0.25) is 4.79 Å². The molecule has 1 unspecified atom stereocenters. The Bertz CT molecular complexity index is 854. The van der Waals surface area contributed by atoms with Crippen molar-refractivity contribution in [2.24, 2.45) is 0 Å². The minimum absolute atomic E-state index is 0.0143. The van der Waals surface area contributed by atoms with Crippen molar-refractivity contribution in [2.75, 3.05) is 5.32 Å². The van der Waals surface area contributed by atoms with E-state index in [2.05, 4.69) is 20.8 Å². The molecule has 1 aliphatic carbocycles. The van der Waals surface area contributed by atoms with E-state index in [1.807, 2.05) is 48.7 Å². The van der Waals surface area contributed by atoms with Gasteiger partial charge in [0.2, 0.25) is 11.7 Å². The van der Waals surface area contributed by atoms with Crippen LogP contribution in [0, 0.1) is 0 Å². The average Bonchev–Trinajstić information content (AvgIpc) is 3.09. The van der Waals surface area contributed by atoms with Gasteiger partial charge in [-0.15, -0.1) is 11.3 Å². The minimum atomic E-state index is -0.132. The Kier molecular flexibility index (Phi) is 4.23. The van der Waals surface area contributed by atoms with Crippen molar-refractivity contribution in [1.82, 2.24) is 15.5 Å². The highest BCUT2D eigenvalue weighted by Gasteiger charge is 2.23. The van der Waals surface area contributed by atoms with E-state index >= 15 is 0 Å². The lowest BCUT2D eigenvalue weighted by molar-refractivity contribution is 0.0951. The van der Waals surface area contributed by atoms with E-state index in [4.69, 9.17) is 4.52 Å². The van der Waals surface area contributed by atoms with Gasteiger partial charge in [0.05, 0.1) is 4.88 Å². The fourth-order valence-electron chi connectivity index (χ4n) is 2.44. The molecule has 25 heavy (non-hydrogen) atoms. The first-order chi connectivity index (χ1) is 12.2. The quantitative estimate of drug-likeness (QED) is 0.702. The number of carbonyl (C=O) groups is 1. The highest BCUT2D eigenvalue weighted by Crippen LogP contribution is 2.25. The van der Waals surface area contributed by atoms with E-state index in [9.17, 15) is 4.79 Å². The van der Waals surface area contributed by atoms with Crippen LogP contribution in [-0.4, -0.2) is 22.1 Å². The molecule has 1 aliphatic rings. The van der Waals surface area contributed by atoms with Gasteiger partial charge in [-0.1, -0.05) is 11.2 Å². The molecule has 4 rings (SSSR count). The molecule has 6 nitrogen and oxygen atoms in total. The highest BCUT2D eigenvalue weighted by atomic mass is 32.1. The van der Waals surface area contributed by atoms with Crippen LogP contribution in [0.3, 0.4) is 0 Å². The molecule has 3 aromatic rings. The van der Waals surface area contributed by atoms with E-state index in [1.54, 1.807) is 11.3 Å². The maximum atomic E-state index is 12.0. The molecule has 0 radical (unpaired) electrons. The summed E-state index contributed by atoms with van der Waals surface area (Å²) in [6.45, 7) is 1.96. The Balaban J connectivity index is 1.40. The molecule has 2 aromatic heterocycles. The number of hydrogen-bond donors (Lipinski definition) is 2. The van der Waals surface area contributed by atoms with Crippen LogP contribution in [0.5, 0.6) is 0 Å². The van der Waals surface area contributed by atoms with Crippen LogP contribution in [0.2, 0.25) is 0 Å². The van der Waals surface area contributed by atoms with E-state index in [-0.39, 0.29) is 11.9 Å². The van der Waals surface area contributed by atoms with E-state index in [1.165, 1.54) is 0 Å². The van der Waals surface area contributed by atoms with Gasteiger partial charge in [0.1, 0.15) is 6.04 Å². The Hall–Kier alpha value is -2.67. The summed E-state index contributed by atoms with van der Waals surface area (Å²) >= 11 is 1.57. The first kappa shape index (κ1) is 15.8. The Morgan fingerprint density at radius 3 is 2.76 bits per heavy atom. The predicted molar refractivity (Wildman–Crippen MR) is 96.6 cm³/mol. The van der Waals surface area contributed by atoms with Gasteiger partial charge >= 0.3 is 0 Å². The second kappa shape index (κ2) is 6.68. The van der Waals surface area contributed by atoms with Gasteiger partial charge in [0, 0.05) is 17.3 Å². The Morgan fingerprint density at radius 1 is 1.28 bits per heavy atom. The normalized spacial score (nSPS) is 14.9. The molecule has 2 N–H and O–H groups in total. The number of rotatable bonds is 6. The van der Waals surface area contributed by atoms with Crippen LogP contribution < -0.4 is 10.6 Å². The maximum absolute atomic E-state index is 12.0. The second-order valence-electron chi connectivity index (χ2n) is 6.12. The van der Waals surface area contributed by atoms with Crippen LogP contribution in [0.15, 0.2) is 46.3 Å². The summed E-state index contributed by atoms with van der Waals surface area (Å²) in [6.07, 6.45) is 2.17. The van der Waals surface area contributed by atoms with Gasteiger partial charge in [-0.05, 0) is 55.5 Å². The minimum Gasteiger partial charge on any atom is -0.374 e. The fraction of sp³-hybridized carbons (Fsp3) is 0.278. The van der Waals surface area contributed by atoms with Gasteiger partial charge in [0.15, 0.2) is 0 Å². The van der Waals surface area contributed by atoms with Crippen molar-refractivity contribution in [3.05, 3.63) is 53.2 Å². The number of benzene rings is 1. The number of nitrogens with one attached hydrogen (secondary N) is 2. The molecule has 0 saturated heterocycles.